The molecule has 10 rings (SSSR count). The number of aromatic nitrogens is 2. The molecule has 31 nitrogen and oxygen atoms in total. The molecule has 0 saturated carbocycles. The predicted molar refractivity (Wildman–Crippen MR) is 528 cm³/mol. The molecule has 2 aromatic heterocycles. The lowest BCUT2D eigenvalue weighted by molar-refractivity contribution is -0.384. The fraction of sp³-hybridized carbons (Fsp3) is 0.430. The van der Waals surface area contributed by atoms with Crippen molar-refractivity contribution < 1.29 is 107 Å². The molecule has 2 aliphatic rings. The summed E-state index contributed by atoms with van der Waals surface area (Å²) in [5.41, 5.74) is 23.9. The number of nitrogen functional groups attached to an aromatic ring is 2. The minimum absolute atomic E-state index is 0. The maximum atomic E-state index is 14.6. The molecule has 4 heterocycles. The number of nitrogens with zero attached hydrogens (tertiary/aromatic N) is 5. The van der Waals surface area contributed by atoms with Crippen LogP contribution in [-0.4, -0.2) is 124 Å². The summed E-state index contributed by atoms with van der Waals surface area (Å²) in [7, 11) is -0.623. The van der Waals surface area contributed by atoms with Crippen LogP contribution in [0.1, 0.15) is 216 Å². The number of ether oxygens (including phenoxy) is 7. The highest BCUT2D eigenvalue weighted by molar-refractivity contribution is 9.11. The van der Waals surface area contributed by atoms with E-state index in [2.05, 4.69) is 94.4 Å². The standard InChI is InChI=1S/C19H29BFNO4.C18H21FN4O4.C13H17BrFNO2.C10H18O5.C8H7BrFNO.C8H9BrFN.C8H5BrFN.C5H4ClN3O2.C4H8O.B/c1-12-9-13(11-22-16(23)24-17(2,3)4)15(21)10-14(12)20-25-18(5,6)19(7,8)26-20;1-10-7-11(9-22-17(24)27-18(2,3)4)14(19)8-13(10)12-5-6-21-16(20)15(12)23(25)26;1-8-5-9(11(15)6-10(8)14)7-16-12(17)18-13(2,3)4;1-9(2,3)14-7(11)13-8(12)15-10(4,5)6;1-4-2-5(8(11)12)7(10)3-6(4)9;2*1-5-2-6(4-11)8(10)3-7(5)9;6-3-1-2-8-5(7)4(3)9(10)11;1-2-4-5-3-1;/h9-10H,11H2,1-8H3,(H,22,23);5-8H,9H2,1-4H3,(H2,20,21)(H,22,24);5-6H,7H2,1-4H3,(H,16,17);1-6H3;2-3H,1H3,(H2,11,12);2-3H,4,11H2,1H3;2-3H,1H3;1-2H,(H2,7,8);1-4H2;. The third-order valence-electron chi connectivity index (χ3n) is 17.8. The zero-order valence-electron chi connectivity index (χ0n) is 81.0. The number of aryl methyl sites for hydroxylation is 6. The quantitative estimate of drug-likeness (QED) is 0.0114. The highest BCUT2D eigenvalue weighted by Gasteiger charge is 2.52. The molecule has 3 radical (unpaired) electrons. The van der Waals surface area contributed by atoms with Crippen molar-refractivity contribution in [1.29, 1.82) is 5.26 Å². The molecule has 0 aliphatic carbocycles. The second-order valence-electron chi connectivity index (χ2n) is 35.9. The molecule has 2 fully saturated rings. The van der Waals surface area contributed by atoms with Crippen molar-refractivity contribution in [2.45, 2.75) is 251 Å². The number of nitrogens with one attached hydrogen (secondary N) is 3. The van der Waals surface area contributed by atoms with Crippen molar-refractivity contribution >= 4 is 156 Å². The third kappa shape index (κ3) is 45.2. The predicted octanol–water partition coefficient (Wildman–Crippen LogP) is 22.7. The van der Waals surface area contributed by atoms with Gasteiger partial charge in [-0.2, -0.15) is 5.26 Å². The largest absolute Gasteiger partial charge is 0.519 e. The first-order chi connectivity index (χ1) is 62.3. The van der Waals surface area contributed by atoms with E-state index in [9.17, 15) is 75.3 Å². The fourth-order valence-corrected chi connectivity index (χ4v) is 12.2. The number of primary amides is 1. The number of halogens is 11. The summed E-state index contributed by atoms with van der Waals surface area (Å²) in [6.45, 7) is 46.9. The molecule has 747 valence electrons. The number of rotatable bonds is 12. The van der Waals surface area contributed by atoms with Crippen molar-refractivity contribution in [3.63, 3.8) is 0 Å². The van der Waals surface area contributed by atoms with Crippen molar-refractivity contribution in [2.24, 2.45) is 11.5 Å². The van der Waals surface area contributed by atoms with Gasteiger partial charge in [0.25, 0.3) is 5.91 Å². The van der Waals surface area contributed by atoms with Crippen LogP contribution < -0.4 is 44.3 Å². The van der Waals surface area contributed by atoms with E-state index in [1.54, 1.807) is 142 Å². The first-order valence-corrected chi connectivity index (χ1v) is 45.1. The average Bonchev–Trinajstić information content (AvgIpc) is 1.60. The number of amides is 4. The highest BCUT2D eigenvalue weighted by Crippen LogP contribution is 2.39. The summed E-state index contributed by atoms with van der Waals surface area (Å²) in [4.78, 5) is 95.0. The van der Waals surface area contributed by atoms with Gasteiger partial charge in [0.15, 0.2) is 0 Å². The van der Waals surface area contributed by atoms with Crippen LogP contribution in [0.15, 0.2) is 115 Å². The monoisotopic (exact) mass is 2190 g/mol. The number of carbonyl (C=O) groups excluding carboxylic acids is 6. The van der Waals surface area contributed by atoms with Gasteiger partial charge in [0.2, 0.25) is 11.6 Å². The van der Waals surface area contributed by atoms with Gasteiger partial charge in [-0.1, -0.05) is 105 Å². The summed E-state index contributed by atoms with van der Waals surface area (Å²) in [5, 5.41) is 37.6. The summed E-state index contributed by atoms with van der Waals surface area (Å²) in [5.74, 6) is -3.87. The van der Waals surface area contributed by atoms with Gasteiger partial charge in [-0.05, 0) is 285 Å². The summed E-state index contributed by atoms with van der Waals surface area (Å²) >= 11 is 18.2. The fourth-order valence-electron chi connectivity index (χ4n) is 10.7. The van der Waals surface area contributed by atoms with E-state index < -0.39 is 116 Å². The third-order valence-corrected chi connectivity index (χ3v) is 21.6. The maximum Gasteiger partial charge on any atom is 0.519 e. The van der Waals surface area contributed by atoms with Crippen LogP contribution in [0.3, 0.4) is 0 Å². The van der Waals surface area contributed by atoms with Crippen molar-refractivity contribution in [2.75, 3.05) is 24.7 Å². The number of hydrogen-bond donors (Lipinski definition) is 7. The van der Waals surface area contributed by atoms with Crippen molar-refractivity contribution in [3.8, 4) is 17.2 Å². The number of hydrogen-bond acceptors (Lipinski definition) is 25. The molecule has 0 unspecified atom stereocenters. The number of nitro groups is 2. The number of anilines is 2. The molecule has 4 amide bonds. The Morgan fingerprint density at radius 2 is 0.832 bits per heavy atom. The Labute approximate surface area is 835 Å². The van der Waals surface area contributed by atoms with Crippen LogP contribution in [-0.2, 0) is 68.6 Å². The molecule has 137 heavy (non-hydrogen) atoms. The van der Waals surface area contributed by atoms with Gasteiger partial charge in [-0.25, -0.2) is 60.3 Å². The van der Waals surface area contributed by atoms with Crippen LogP contribution in [0, 0.1) is 108 Å². The average molecular weight is 2200 g/mol. The van der Waals surface area contributed by atoms with E-state index in [1.807, 2.05) is 55.4 Å². The van der Waals surface area contributed by atoms with Crippen LogP contribution in [0.25, 0.3) is 11.1 Å². The minimum Gasteiger partial charge on any atom is -0.444 e. The molecule has 6 aromatic carbocycles. The van der Waals surface area contributed by atoms with E-state index in [1.165, 1.54) is 92.0 Å². The normalized spacial score (nSPS) is 12.6. The molecule has 8 aromatic rings. The molecular formula is C93H118B2Br4ClF6N12O19. The lowest BCUT2D eigenvalue weighted by Crippen LogP contribution is -2.41. The van der Waals surface area contributed by atoms with Gasteiger partial charge in [0.05, 0.1) is 37.7 Å². The number of alkyl carbamates (subject to hydrolysis) is 3. The van der Waals surface area contributed by atoms with Crippen molar-refractivity contribution in [1.82, 2.24) is 25.9 Å². The Balaban J connectivity index is 0.000000794. The number of nitrogens with two attached hydrogens (primary N) is 4. The van der Waals surface area contributed by atoms with E-state index >= 15 is 0 Å². The van der Waals surface area contributed by atoms with Gasteiger partial charge < -0.3 is 81.4 Å². The first-order valence-electron chi connectivity index (χ1n) is 41.5. The summed E-state index contributed by atoms with van der Waals surface area (Å²) in [6, 6.07) is 22.1. The lowest BCUT2D eigenvalue weighted by atomic mass is 9.75. The van der Waals surface area contributed by atoms with E-state index in [0.29, 0.717) is 46.7 Å². The molecular weight excluding hydrogens is 2080 g/mol. The first kappa shape index (κ1) is 124. The van der Waals surface area contributed by atoms with Crippen LogP contribution in [0.2, 0.25) is 5.02 Å². The second-order valence-corrected chi connectivity index (χ2v) is 39.7. The van der Waals surface area contributed by atoms with Crippen LogP contribution in [0.5, 0.6) is 0 Å². The second kappa shape index (κ2) is 55.2. The van der Waals surface area contributed by atoms with E-state index in [-0.39, 0.29) is 96.5 Å². The molecule has 0 atom stereocenters. The Morgan fingerprint density at radius 1 is 0.496 bits per heavy atom. The number of benzene rings is 6. The molecule has 0 bridgehead atoms. The maximum absolute atomic E-state index is 14.6. The van der Waals surface area contributed by atoms with Gasteiger partial charge in [0, 0.05) is 100 Å². The van der Waals surface area contributed by atoms with E-state index in [0.717, 1.165) is 45.5 Å². The zero-order chi connectivity index (χ0) is 105. The number of pyridine rings is 2. The molecule has 2 saturated heterocycles. The molecule has 2 aliphatic heterocycles. The summed E-state index contributed by atoms with van der Waals surface area (Å²) < 4.78 is 130. The smallest absolute Gasteiger partial charge is 0.444 e. The molecule has 44 heteroatoms. The molecule has 11 N–H and O–H groups in total. The zero-order valence-corrected chi connectivity index (χ0v) is 88.1. The molecule has 0 spiro atoms. The van der Waals surface area contributed by atoms with Gasteiger partial charge in [-0.3, -0.25) is 25.0 Å². The Bertz CT molecular complexity index is 5500. The van der Waals surface area contributed by atoms with Crippen LogP contribution >= 0.6 is 75.3 Å². The van der Waals surface area contributed by atoms with Gasteiger partial charge in [0.1, 0.15) is 74.0 Å². The highest BCUT2D eigenvalue weighted by atomic mass is 79.9. The van der Waals surface area contributed by atoms with Crippen molar-refractivity contribution in [3.05, 3.63) is 242 Å². The van der Waals surface area contributed by atoms with Gasteiger partial charge >= 0.3 is 49.1 Å². The SMILES string of the molecule is C1CCOC1.CC(C)(C)OC(=O)OC(=O)OC(C)(C)C.Cc1cc(C#N)c(F)cc1Br.Cc1cc(C(N)=O)c(F)cc1Br.Cc1cc(CN)c(F)cc1Br.Cc1cc(CNC(=O)OC(C)(C)C)c(F)cc1-c1ccnc(N)c1[N+](=O)[O-].Cc1cc(CNC(=O)OC(C)(C)C)c(F)cc1B1OC(C)(C)C(C)(C)O1.Cc1cc(CNC(=O)OC(C)(C)C)c(F)cc1Br.Nc1nccc(Cl)c1[N+](=O)[O-].[B]. The number of nitriles is 1. The lowest BCUT2D eigenvalue weighted by Gasteiger charge is -2.32. The topological polar surface area (TPSA) is 462 Å². The summed E-state index contributed by atoms with van der Waals surface area (Å²) in [6.07, 6.45) is 1.28. The Morgan fingerprint density at radius 3 is 1.19 bits per heavy atom. The Hall–Kier alpha value is -10.7. The minimum atomic E-state index is -1.06. The van der Waals surface area contributed by atoms with Crippen LogP contribution in [0.4, 0.5) is 73.3 Å². The Kier molecular flexibility index (Phi) is 50.1. The van der Waals surface area contributed by atoms with Gasteiger partial charge in [-0.15, -0.1) is 0 Å². The van der Waals surface area contributed by atoms with E-state index in [4.69, 9.17) is 77.5 Å². The number of carbonyl (C=O) groups is 6.